The lowest BCUT2D eigenvalue weighted by Gasteiger charge is -2.26. The molecule has 0 fully saturated rings. The lowest BCUT2D eigenvalue weighted by atomic mass is 10.0. The molecule has 0 heterocycles. The van der Waals surface area contributed by atoms with Crippen molar-refractivity contribution >= 4 is 5.91 Å². The van der Waals surface area contributed by atoms with Gasteiger partial charge in [0.1, 0.15) is 6.10 Å². The molecule has 1 amide bonds. The maximum absolute atomic E-state index is 12.4. The number of carbonyl (C=O) groups excluding carboxylic acids is 1. The normalized spacial score (nSPS) is 13.9. The summed E-state index contributed by atoms with van der Waals surface area (Å²) in [5, 5.41) is 33.3. The van der Waals surface area contributed by atoms with Gasteiger partial charge in [-0.1, -0.05) is 179 Å². The number of nitrogens with one attached hydrogen (secondary N) is 1. The van der Waals surface area contributed by atoms with Gasteiger partial charge in [-0.05, 0) is 70.6 Å². The first-order valence-electron chi connectivity index (χ1n) is 21.8. The van der Waals surface area contributed by atoms with E-state index in [-0.39, 0.29) is 12.5 Å². The zero-order valence-corrected chi connectivity index (χ0v) is 33.3. The largest absolute Gasteiger partial charge is 0.394 e. The van der Waals surface area contributed by atoms with Crippen molar-refractivity contribution in [2.24, 2.45) is 0 Å². The molecule has 5 heteroatoms. The molecule has 4 N–H and O–H groups in total. The molecule has 3 unspecified atom stereocenters. The Morgan fingerprint density at radius 2 is 0.860 bits per heavy atom. The number of unbranched alkanes of at least 4 members (excludes halogenated alkanes) is 25. The van der Waals surface area contributed by atoms with E-state index in [2.05, 4.69) is 55.6 Å². The summed E-state index contributed by atoms with van der Waals surface area (Å²) in [7, 11) is 0. The molecule has 3 atom stereocenters. The molecule has 0 aromatic heterocycles. The van der Waals surface area contributed by atoms with Gasteiger partial charge in [-0.2, -0.15) is 0 Å². The minimum Gasteiger partial charge on any atom is -0.394 e. The first-order valence-corrected chi connectivity index (χ1v) is 21.8. The van der Waals surface area contributed by atoms with Gasteiger partial charge in [0.15, 0.2) is 0 Å². The van der Waals surface area contributed by atoms with Crippen LogP contribution in [0.2, 0.25) is 0 Å². The molecule has 5 nitrogen and oxygen atoms in total. The smallest absolute Gasteiger partial charge is 0.220 e. The van der Waals surface area contributed by atoms with E-state index < -0.39 is 18.2 Å². The Labute approximate surface area is 311 Å². The van der Waals surface area contributed by atoms with Crippen molar-refractivity contribution in [1.29, 1.82) is 0 Å². The SMILES string of the molecule is CCC/C=C/CC/C=C/CCCC(O)C(O)C(CO)NC(=O)CCCCCCCCCCCC/C=C\CCCCCCCCCCCCCC. The van der Waals surface area contributed by atoms with Gasteiger partial charge in [0.25, 0.3) is 0 Å². The second-order valence-electron chi connectivity index (χ2n) is 14.9. The van der Waals surface area contributed by atoms with Gasteiger partial charge in [-0.25, -0.2) is 0 Å². The van der Waals surface area contributed by atoms with Gasteiger partial charge < -0.3 is 20.6 Å². The quantitative estimate of drug-likeness (QED) is 0.0379. The van der Waals surface area contributed by atoms with Crippen molar-refractivity contribution in [3.63, 3.8) is 0 Å². The standard InChI is InChI=1S/C45H85NO4/c1-3-5-7-9-11-13-15-16-17-18-19-20-21-22-23-24-25-26-27-28-29-30-32-34-36-38-40-44(49)46-42(41-47)45(50)43(48)39-37-35-33-31-14-12-10-8-6-4-2/h8,10,22-23,31,33,42-43,45,47-48,50H,3-7,9,11-21,24-30,32,34-41H2,1-2H3,(H,46,49)/b10-8+,23-22-,33-31+. The van der Waals surface area contributed by atoms with E-state index in [0.717, 1.165) is 51.4 Å². The number of amides is 1. The van der Waals surface area contributed by atoms with Crippen LogP contribution in [0, 0.1) is 0 Å². The van der Waals surface area contributed by atoms with Crippen LogP contribution < -0.4 is 5.32 Å². The van der Waals surface area contributed by atoms with E-state index in [1.807, 2.05) is 0 Å². The van der Waals surface area contributed by atoms with Crippen molar-refractivity contribution in [2.45, 2.75) is 238 Å². The molecule has 0 aliphatic heterocycles. The molecule has 50 heavy (non-hydrogen) atoms. The Morgan fingerprint density at radius 3 is 1.30 bits per heavy atom. The summed E-state index contributed by atoms with van der Waals surface area (Å²) < 4.78 is 0. The average molecular weight is 704 g/mol. The first-order chi connectivity index (χ1) is 24.6. The molecule has 0 saturated carbocycles. The van der Waals surface area contributed by atoms with Crippen LogP contribution in [0.4, 0.5) is 0 Å². The third kappa shape index (κ3) is 35.0. The maximum Gasteiger partial charge on any atom is 0.220 e. The number of rotatable bonds is 39. The first kappa shape index (κ1) is 48.6. The van der Waals surface area contributed by atoms with Crippen molar-refractivity contribution in [3.8, 4) is 0 Å². The molecule has 0 rings (SSSR count). The van der Waals surface area contributed by atoms with Crippen LogP contribution in [0.5, 0.6) is 0 Å². The second kappa shape index (κ2) is 40.3. The van der Waals surface area contributed by atoms with Crippen molar-refractivity contribution in [2.75, 3.05) is 6.61 Å². The summed E-state index contributed by atoms with van der Waals surface area (Å²) in [4.78, 5) is 12.4. The fourth-order valence-corrected chi connectivity index (χ4v) is 6.53. The molecule has 0 saturated heterocycles. The van der Waals surface area contributed by atoms with Crippen molar-refractivity contribution in [3.05, 3.63) is 36.5 Å². The summed E-state index contributed by atoms with van der Waals surface area (Å²) >= 11 is 0. The third-order valence-electron chi connectivity index (χ3n) is 9.92. The summed E-state index contributed by atoms with van der Waals surface area (Å²) in [5.41, 5.74) is 0. The highest BCUT2D eigenvalue weighted by Gasteiger charge is 2.26. The van der Waals surface area contributed by atoms with E-state index in [1.54, 1.807) is 0 Å². The Bertz CT molecular complexity index is 779. The summed E-state index contributed by atoms with van der Waals surface area (Å²) in [6.45, 7) is 4.08. The highest BCUT2D eigenvalue weighted by atomic mass is 16.3. The van der Waals surface area contributed by atoms with Crippen LogP contribution >= 0.6 is 0 Å². The number of aliphatic hydroxyl groups is 3. The minimum atomic E-state index is -1.16. The average Bonchev–Trinajstić information content (AvgIpc) is 3.12. The van der Waals surface area contributed by atoms with Gasteiger partial charge >= 0.3 is 0 Å². The molecule has 0 aliphatic rings. The van der Waals surface area contributed by atoms with Crippen molar-refractivity contribution in [1.82, 2.24) is 5.32 Å². The van der Waals surface area contributed by atoms with E-state index in [0.29, 0.717) is 12.8 Å². The van der Waals surface area contributed by atoms with E-state index in [1.165, 1.54) is 141 Å². The summed E-state index contributed by atoms with van der Waals surface area (Å²) in [6.07, 6.45) is 49.9. The van der Waals surface area contributed by atoms with E-state index >= 15 is 0 Å². The van der Waals surface area contributed by atoms with Gasteiger partial charge in [0.05, 0.1) is 18.8 Å². The van der Waals surface area contributed by atoms with Gasteiger partial charge in [-0.15, -0.1) is 0 Å². The minimum absolute atomic E-state index is 0.162. The highest BCUT2D eigenvalue weighted by Crippen LogP contribution is 2.15. The molecular weight excluding hydrogens is 618 g/mol. The molecular formula is C45H85NO4. The van der Waals surface area contributed by atoms with Crippen LogP contribution in [0.15, 0.2) is 36.5 Å². The predicted octanol–water partition coefficient (Wildman–Crippen LogP) is 12.4. The molecule has 294 valence electrons. The van der Waals surface area contributed by atoms with Crippen LogP contribution in [0.1, 0.15) is 219 Å². The summed E-state index contributed by atoms with van der Waals surface area (Å²) in [5.74, 6) is -0.162. The molecule has 0 aliphatic carbocycles. The number of hydrogen-bond donors (Lipinski definition) is 4. The monoisotopic (exact) mass is 704 g/mol. The van der Waals surface area contributed by atoms with Crippen LogP contribution in [0.3, 0.4) is 0 Å². The molecule has 0 aromatic carbocycles. The predicted molar refractivity (Wildman–Crippen MR) is 218 cm³/mol. The van der Waals surface area contributed by atoms with Crippen LogP contribution in [-0.2, 0) is 4.79 Å². The second-order valence-corrected chi connectivity index (χ2v) is 14.9. The zero-order valence-electron chi connectivity index (χ0n) is 33.3. The zero-order chi connectivity index (χ0) is 36.6. The lowest BCUT2D eigenvalue weighted by molar-refractivity contribution is -0.124. The fourth-order valence-electron chi connectivity index (χ4n) is 6.53. The third-order valence-corrected chi connectivity index (χ3v) is 9.92. The molecule has 0 bridgehead atoms. The topological polar surface area (TPSA) is 89.8 Å². The fraction of sp³-hybridized carbons (Fsp3) is 0.844. The number of hydrogen-bond acceptors (Lipinski definition) is 4. The van der Waals surface area contributed by atoms with Crippen LogP contribution in [-0.4, -0.2) is 46.1 Å². The maximum atomic E-state index is 12.4. The van der Waals surface area contributed by atoms with Gasteiger partial charge in [-0.3, -0.25) is 4.79 Å². The summed E-state index contributed by atoms with van der Waals surface area (Å²) in [6, 6.07) is -0.831. The lowest BCUT2D eigenvalue weighted by Crippen LogP contribution is -2.50. The number of carbonyl (C=O) groups is 1. The molecule has 0 spiro atoms. The number of allylic oxidation sites excluding steroid dienone is 6. The highest BCUT2D eigenvalue weighted by molar-refractivity contribution is 5.76. The van der Waals surface area contributed by atoms with E-state index in [4.69, 9.17) is 0 Å². The Kier molecular flexibility index (Phi) is 39.2. The Balaban J connectivity index is 3.57. The Morgan fingerprint density at radius 1 is 0.480 bits per heavy atom. The Hall–Kier alpha value is -1.43. The molecule has 0 aromatic rings. The van der Waals surface area contributed by atoms with Gasteiger partial charge in [0.2, 0.25) is 5.91 Å². The van der Waals surface area contributed by atoms with Gasteiger partial charge in [0, 0.05) is 6.42 Å². The number of aliphatic hydroxyl groups excluding tert-OH is 3. The van der Waals surface area contributed by atoms with E-state index in [9.17, 15) is 20.1 Å². The van der Waals surface area contributed by atoms with Crippen LogP contribution in [0.25, 0.3) is 0 Å². The molecule has 0 radical (unpaired) electrons. The van der Waals surface area contributed by atoms with Crippen molar-refractivity contribution < 1.29 is 20.1 Å².